The van der Waals surface area contributed by atoms with Crippen LogP contribution in [0.25, 0.3) is 10.9 Å². The third-order valence-electron chi connectivity index (χ3n) is 5.04. The van der Waals surface area contributed by atoms with Crippen molar-refractivity contribution in [1.29, 1.82) is 0 Å². The van der Waals surface area contributed by atoms with Crippen LogP contribution in [0.2, 0.25) is 5.02 Å². The van der Waals surface area contributed by atoms with Gasteiger partial charge in [-0.1, -0.05) is 23.7 Å². The molecule has 1 aliphatic rings. The van der Waals surface area contributed by atoms with E-state index < -0.39 is 0 Å². The number of rotatable bonds is 2. The van der Waals surface area contributed by atoms with Crippen molar-refractivity contribution < 1.29 is 9.18 Å². The van der Waals surface area contributed by atoms with Gasteiger partial charge in [0.25, 0.3) is 0 Å². The van der Waals surface area contributed by atoms with E-state index in [0.717, 1.165) is 34.0 Å². The highest BCUT2D eigenvalue weighted by Gasteiger charge is 2.28. The van der Waals surface area contributed by atoms with Crippen molar-refractivity contribution in [3.63, 3.8) is 0 Å². The Morgan fingerprint density at radius 3 is 3.00 bits per heavy atom. The number of aromatic nitrogens is 1. The lowest BCUT2D eigenvalue weighted by Gasteiger charge is -2.35. The molecule has 3 aromatic rings. The first-order valence-corrected chi connectivity index (χ1v) is 8.74. The van der Waals surface area contributed by atoms with E-state index >= 15 is 0 Å². The fraction of sp³-hybridized carbons (Fsp3) is 0.250. The second-order valence-electron chi connectivity index (χ2n) is 6.54. The maximum Gasteiger partial charge on any atom is 0.227 e. The average Bonchev–Trinajstić information content (AvgIpc) is 2.97. The number of nitrogens with one attached hydrogen (secondary N) is 1. The summed E-state index contributed by atoms with van der Waals surface area (Å²) >= 11 is 6.01. The maximum atomic E-state index is 13.6. The van der Waals surface area contributed by atoms with E-state index in [1.165, 1.54) is 6.07 Å². The minimum atomic E-state index is -0.256. The van der Waals surface area contributed by atoms with E-state index in [2.05, 4.69) is 4.98 Å². The zero-order valence-corrected chi connectivity index (χ0v) is 14.6. The Balaban J connectivity index is 1.59. The predicted octanol–water partition coefficient (Wildman–Crippen LogP) is 4.65. The highest BCUT2D eigenvalue weighted by Crippen LogP contribution is 2.31. The number of fused-ring (bicyclic) bond motifs is 2. The van der Waals surface area contributed by atoms with Gasteiger partial charge in [0.15, 0.2) is 0 Å². The fourth-order valence-corrected chi connectivity index (χ4v) is 3.87. The lowest BCUT2D eigenvalue weighted by Crippen LogP contribution is -2.39. The van der Waals surface area contributed by atoms with Crippen molar-refractivity contribution >= 4 is 28.4 Å². The molecule has 5 heteroatoms. The summed E-state index contributed by atoms with van der Waals surface area (Å²) in [4.78, 5) is 17.9. The number of hydrogen-bond acceptors (Lipinski definition) is 1. The molecule has 0 fully saturated rings. The van der Waals surface area contributed by atoms with Gasteiger partial charge in [-0.25, -0.2) is 4.39 Å². The molecule has 2 heterocycles. The molecule has 3 nitrogen and oxygen atoms in total. The number of halogens is 2. The number of amides is 1. The number of carbonyl (C=O) groups is 1. The first-order valence-electron chi connectivity index (χ1n) is 8.36. The summed E-state index contributed by atoms with van der Waals surface area (Å²) in [6.45, 7) is 2.62. The van der Waals surface area contributed by atoms with Gasteiger partial charge in [0.1, 0.15) is 5.82 Å². The van der Waals surface area contributed by atoms with Gasteiger partial charge in [-0.2, -0.15) is 0 Å². The summed E-state index contributed by atoms with van der Waals surface area (Å²) in [6.07, 6.45) is 2.94. The molecular weight excluding hydrogens is 339 g/mol. The molecule has 0 aliphatic carbocycles. The van der Waals surface area contributed by atoms with Crippen LogP contribution in [0.5, 0.6) is 0 Å². The van der Waals surface area contributed by atoms with Crippen molar-refractivity contribution in [1.82, 2.24) is 9.88 Å². The molecule has 1 aliphatic heterocycles. The zero-order chi connectivity index (χ0) is 17.6. The summed E-state index contributed by atoms with van der Waals surface area (Å²) in [5.41, 5.74) is 3.91. The molecule has 0 spiro atoms. The van der Waals surface area contributed by atoms with Gasteiger partial charge in [-0.15, -0.1) is 0 Å². The van der Waals surface area contributed by atoms with Gasteiger partial charge in [-0.05, 0) is 54.3 Å². The second-order valence-corrected chi connectivity index (χ2v) is 6.97. The van der Waals surface area contributed by atoms with Gasteiger partial charge in [-0.3, -0.25) is 4.79 Å². The Hall–Kier alpha value is -2.33. The number of benzene rings is 2. The van der Waals surface area contributed by atoms with Crippen molar-refractivity contribution in [3.05, 3.63) is 70.1 Å². The van der Waals surface area contributed by atoms with Crippen LogP contribution in [0, 0.1) is 5.82 Å². The summed E-state index contributed by atoms with van der Waals surface area (Å²) in [6, 6.07) is 10.4. The van der Waals surface area contributed by atoms with Crippen LogP contribution in [0.4, 0.5) is 4.39 Å². The lowest BCUT2D eigenvalue weighted by molar-refractivity contribution is -0.133. The topological polar surface area (TPSA) is 36.1 Å². The summed E-state index contributed by atoms with van der Waals surface area (Å²) in [7, 11) is 0. The average molecular weight is 357 g/mol. The minimum Gasteiger partial charge on any atom is -0.361 e. The van der Waals surface area contributed by atoms with Crippen LogP contribution in [-0.2, 0) is 17.6 Å². The number of hydrogen-bond donors (Lipinski definition) is 1. The number of carbonyl (C=O) groups excluding carboxylic acids is 1. The quantitative estimate of drug-likeness (QED) is 0.713. The normalized spacial score (nSPS) is 16.9. The van der Waals surface area contributed by atoms with E-state index in [4.69, 9.17) is 11.6 Å². The molecule has 1 atom stereocenters. The van der Waals surface area contributed by atoms with Crippen molar-refractivity contribution in [3.8, 4) is 0 Å². The first-order chi connectivity index (χ1) is 12.0. The highest BCUT2D eigenvalue weighted by molar-refractivity contribution is 6.31. The molecule has 0 saturated carbocycles. The van der Waals surface area contributed by atoms with Crippen LogP contribution in [0.3, 0.4) is 0 Å². The van der Waals surface area contributed by atoms with Crippen LogP contribution in [0.15, 0.2) is 42.6 Å². The van der Waals surface area contributed by atoms with Gasteiger partial charge < -0.3 is 9.88 Å². The first kappa shape index (κ1) is 16.2. The Bertz CT molecular complexity index is 965. The minimum absolute atomic E-state index is 0.0539. The van der Waals surface area contributed by atoms with Crippen molar-refractivity contribution in [2.45, 2.75) is 25.8 Å². The van der Waals surface area contributed by atoms with Crippen LogP contribution < -0.4 is 0 Å². The van der Waals surface area contributed by atoms with E-state index in [1.54, 1.807) is 6.07 Å². The zero-order valence-electron chi connectivity index (χ0n) is 13.9. The van der Waals surface area contributed by atoms with Gasteiger partial charge in [0.05, 0.1) is 12.5 Å². The third kappa shape index (κ3) is 2.91. The highest BCUT2D eigenvalue weighted by atomic mass is 35.5. The Morgan fingerprint density at radius 2 is 2.16 bits per heavy atom. The van der Waals surface area contributed by atoms with E-state index in [1.807, 2.05) is 42.3 Å². The molecule has 0 saturated heterocycles. The van der Waals surface area contributed by atoms with Crippen molar-refractivity contribution in [2.75, 3.05) is 6.54 Å². The smallest absolute Gasteiger partial charge is 0.227 e. The van der Waals surface area contributed by atoms with Crippen LogP contribution in [-0.4, -0.2) is 22.3 Å². The van der Waals surface area contributed by atoms with E-state index in [0.29, 0.717) is 18.0 Å². The number of aromatic amines is 1. The molecular formula is C20H18ClFN2O. The molecule has 1 amide bonds. The molecule has 1 aromatic heterocycles. The van der Waals surface area contributed by atoms with E-state index in [-0.39, 0.29) is 17.8 Å². The summed E-state index contributed by atoms with van der Waals surface area (Å²) in [5.74, 6) is -0.202. The number of nitrogens with zero attached hydrogens (tertiary/aromatic N) is 1. The summed E-state index contributed by atoms with van der Waals surface area (Å²) in [5, 5.41) is 1.67. The largest absolute Gasteiger partial charge is 0.361 e. The standard InChI is InChI=1S/C20H18ClFN2O/c1-12-18-10-16(22)4-2-13(18)6-7-24(12)20(25)8-14-11-23-19-9-15(21)3-5-17(14)19/h2-5,9-12,23H,6-8H2,1H3. The molecule has 128 valence electrons. The maximum absolute atomic E-state index is 13.6. The molecule has 2 aromatic carbocycles. The molecule has 0 radical (unpaired) electrons. The molecule has 25 heavy (non-hydrogen) atoms. The van der Waals surface area contributed by atoms with Crippen LogP contribution >= 0.6 is 11.6 Å². The molecule has 0 bridgehead atoms. The monoisotopic (exact) mass is 356 g/mol. The van der Waals surface area contributed by atoms with Gasteiger partial charge >= 0.3 is 0 Å². The Kier molecular flexibility index (Phi) is 4.00. The number of H-pyrrole nitrogens is 1. The van der Waals surface area contributed by atoms with Gasteiger partial charge in [0, 0.05) is 28.7 Å². The van der Waals surface area contributed by atoms with Crippen molar-refractivity contribution in [2.24, 2.45) is 0 Å². The van der Waals surface area contributed by atoms with E-state index in [9.17, 15) is 9.18 Å². The van der Waals surface area contributed by atoms with Crippen LogP contribution in [0.1, 0.15) is 29.7 Å². The molecule has 4 rings (SSSR count). The summed E-state index contributed by atoms with van der Waals surface area (Å²) < 4.78 is 13.6. The molecule has 1 N–H and O–H groups in total. The second kappa shape index (κ2) is 6.19. The molecule has 1 unspecified atom stereocenters. The Labute approximate surface area is 150 Å². The fourth-order valence-electron chi connectivity index (χ4n) is 3.69. The Morgan fingerprint density at radius 1 is 1.32 bits per heavy atom. The lowest BCUT2D eigenvalue weighted by atomic mass is 9.93. The predicted molar refractivity (Wildman–Crippen MR) is 97.2 cm³/mol. The SMILES string of the molecule is CC1c2cc(F)ccc2CCN1C(=O)Cc1c[nH]c2cc(Cl)ccc12. The third-order valence-corrected chi connectivity index (χ3v) is 5.27. The van der Waals surface area contributed by atoms with Gasteiger partial charge in [0.2, 0.25) is 5.91 Å².